The Morgan fingerprint density at radius 1 is 1.20 bits per heavy atom. The molecule has 1 heterocycles. The van der Waals surface area contributed by atoms with Crippen molar-refractivity contribution in [3.05, 3.63) is 0 Å². The van der Waals surface area contributed by atoms with Crippen LogP contribution in [0, 0.1) is 17.8 Å². The van der Waals surface area contributed by atoms with Crippen LogP contribution in [0.5, 0.6) is 0 Å². The molecule has 3 atom stereocenters. The number of hydrogen-bond acceptors (Lipinski definition) is 2. The maximum Gasteiger partial charge on any atom is 0.317 e. The Bertz CT molecular complexity index is 359. The maximum atomic E-state index is 12.1. The molecular formula is C15H26N2O3. The first-order valence-corrected chi connectivity index (χ1v) is 7.83. The number of nitrogens with one attached hydrogen (secondary N) is 1. The molecule has 0 spiro atoms. The van der Waals surface area contributed by atoms with Crippen molar-refractivity contribution >= 4 is 12.0 Å². The number of hydrogen-bond donors (Lipinski definition) is 2. The average molecular weight is 282 g/mol. The molecule has 114 valence electrons. The van der Waals surface area contributed by atoms with Crippen molar-refractivity contribution in [1.82, 2.24) is 10.2 Å². The van der Waals surface area contributed by atoms with Crippen LogP contribution in [0.4, 0.5) is 4.79 Å². The van der Waals surface area contributed by atoms with E-state index in [4.69, 9.17) is 5.11 Å². The van der Waals surface area contributed by atoms with Crippen molar-refractivity contribution in [3.63, 3.8) is 0 Å². The van der Waals surface area contributed by atoms with Crippen molar-refractivity contribution in [3.8, 4) is 0 Å². The number of likely N-dealkylation sites (tertiary alicyclic amines) is 1. The lowest BCUT2D eigenvalue weighted by molar-refractivity contribution is -0.143. The van der Waals surface area contributed by atoms with Crippen LogP contribution in [0.3, 0.4) is 0 Å². The highest BCUT2D eigenvalue weighted by atomic mass is 16.4. The number of rotatable bonds is 3. The molecule has 1 saturated heterocycles. The van der Waals surface area contributed by atoms with Gasteiger partial charge in [0.1, 0.15) is 0 Å². The van der Waals surface area contributed by atoms with Gasteiger partial charge in [0.25, 0.3) is 0 Å². The summed E-state index contributed by atoms with van der Waals surface area (Å²) in [7, 11) is 0. The number of urea groups is 1. The zero-order valence-corrected chi connectivity index (χ0v) is 12.3. The summed E-state index contributed by atoms with van der Waals surface area (Å²) in [5, 5.41) is 12.1. The first-order chi connectivity index (χ1) is 9.58. The molecule has 2 fully saturated rings. The fraction of sp³-hybridized carbons (Fsp3) is 0.867. The molecule has 2 unspecified atom stereocenters. The van der Waals surface area contributed by atoms with E-state index >= 15 is 0 Å². The summed E-state index contributed by atoms with van der Waals surface area (Å²) < 4.78 is 0. The molecule has 1 aliphatic carbocycles. The molecule has 2 N–H and O–H groups in total. The zero-order chi connectivity index (χ0) is 14.5. The third-order valence-corrected chi connectivity index (χ3v) is 4.86. The molecule has 0 aromatic rings. The zero-order valence-electron chi connectivity index (χ0n) is 12.3. The molecule has 20 heavy (non-hydrogen) atoms. The molecule has 5 nitrogen and oxygen atoms in total. The Hall–Kier alpha value is -1.26. The number of carboxylic acids is 1. The van der Waals surface area contributed by atoms with Gasteiger partial charge in [-0.2, -0.15) is 0 Å². The van der Waals surface area contributed by atoms with Crippen LogP contribution < -0.4 is 5.32 Å². The molecule has 0 aromatic carbocycles. The van der Waals surface area contributed by atoms with Gasteiger partial charge >= 0.3 is 12.0 Å². The molecule has 0 bridgehead atoms. The van der Waals surface area contributed by atoms with E-state index < -0.39 is 11.9 Å². The molecule has 2 rings (SSSR count). The molecule has 1 aliphatic heterocycles. The summed E-state index contributed by atoms with van der Waals surface area (Å²) in [6.45, 7) is 4.02. The smallest absolute Gasteiger partial charge is 0.317 e. The van der Waals surface area contributed by atoms with Crippen LogP contribution in [-0.2, 0) is 4.79 Å². The van der Waals surface area contributed by atoms with E-state index in [1.165, 1.54) is 25.7 Å². The number of carboxylic acid groups (broad SMARTS) is 1. The summed E-state index contributed by atoms with van der Waals surface area (Å²) in [6.07, 6.45) is 6.47. The largest absolute Gasteiger partial charge is 0.481 e. The highest BCUT2D eigenvalue weighted by Crippen LogP contribution is 2.29. The van der Waals surface area contributed by atoms with E-state index in [9.17, 15) is 9.59 Å². The number of amides is 2. The molecule has 0 aromatic heterocycles. The van der Waals surface area contributed by atoms with Crippen LogP contribution in [0.1, 0.15) is 45.4 Å². The average Bonchev–Trinajstić information content (AvgIpc) is 2.46. The van der Waals surface area contributed by atoms with Crippen molar-refractivity contribution in [1.29, 1.82) is 0 Å². The van der Waals surface area contributed by atoms with Gasteiger partial charge in [0, 0.05) is 19.6 Å². The predicted molar refractivity (Wildman–Crippen MR) is 76.5 cm³/mol. The van der Waals surface area contributed by atoms with Crippen LogP contribution in [0.25, 0.3) is 0 Å². The topological polar surface area (TPSA) is 69.6 Å². The van der Waals surface area contributed by atoms with Gasteiger partial charge in [0.2, 0.25) is 0 Å². The molecule has 2 amide bonds. The minimum absolute atomic E-state index is 0.0891. The first-order valence-electron chi connectivity index (χ1n) is 7.83. The molecule has 2 aliphatic rings. The lowest BCUT2D eigenvalue weighted by Crippen LogP contribution is -2.48. The standard InChI is InChI=1S/C15H26N2O3/c1-11-5-2-3-6-12(11)9-16-15(20)17-8-4-7-13(10-17)14(18)19/h11-13H,2-10H2,1H3,(H,16,20)(H,18,19)/t11?,12?,13-/m0/s1. The second-order valence-corrected chi connectivity index (χ2v) is 6.33. The fourth-order valence-corrected chi connectivity index (χ4v) is 3.39. The van der Waals surface area contributed by atoms with Gasteiger partial charge in [-0.15, -0.1) is 0 Å². The SMILES string of the molecule is CC1CCCCC1CNC(=O)N1CCC[C@H](C(=O)O)C1. The Labute approximate surface area is 120 Å². The van der Waals surface area contributed by atoms with Crippen molar-refractivity contribution in [2.24, 2.45) is 17.8 Å². The van der Waals surface area contributed by atoms with Gasteiger partial charge < -0.3 is 15.3 Å². The van der Waals surface area contributed by atoms with Crippen LogP contribution in [0.2, 0.25) is 0 Å². The van der Waals surface area contributed by atoms with E-state index in [-0.39, 0.29) is 6.03 Å². The van der Waals surface area contributed by atoms with Crippen molar-refractivity contribution in [2.75, 3.05) is 19.6 Å². The summed E-state index contributed by atoms with van der Waals surface area (Å²) >= 11 is 0. The van der Waals surface area contributed by atoms with Crippen LogP contribution in [0.15, 0.2) is 0 Å². The lowest BCUT2D eigenvalue weighted by atomic mass is 9.80. The van der Waals surface area contributed by atoms with Gasteiger partial charge in [-0.1, -0.05) is 26.2 Å². The number of piperidine rings is 1. The van der Waals surface area contributed by atoms with E-state index in [0.717, 1.165) is 13.0 Å². The van der Waals surface area contributed by atoms with Crippen LogP contribution >= 0.6 is 0 Å². The highest BCUT2D eigenvalue weighted by molar-refractivity contribution is 5.76. The third kappa shape index (κ3) is 3.87. The monoisotopic (exact) mass is 282 g/mol. The van der Waals surface area contributed by atoms with Gasteiger partial charge in [0.05, 0.1) is 5.92 Å². The Morgan fingerprint density at radius 3 is 2.65 bits per heavy atom. The maximum absolute atomic E-state index is 12.1. The van der Waals surface area contributed by atoms with Crippen LogP contribution in [-0.4, -0.2) is 41.6 Å². The normalized spacial score (nSPS) is 30.9. The fourth-order valence-electron chi connectivity index (χ4n) is 3.39. The number of nitrogens with zero attached hydrogens (tertiary/aromatic N) is 1. The number of carbonyl (C=O) groups excluding carboxylic acids is 1. The summed E-state index contributed by atoms with van der Waals surface area (Å²) in [6, 6.07) is -0.0891. The molecule has 5 heteroatoms. The van der Waals surface area contributed by atoms with E-state index in [2.05, 4.69) is 12.2 Å². The lowest BCUT2D eigenvalue weighted by Gasteiger charge is -2.33. The highest BCUT2D eigenvalue weighted by Gasteiger charge is 2.29. The Balaban J connectivity index is 1.77. The van der Waals surface area contributed by atoms with Gasteiger partial charge in [-0.05, 0) is 31.1 Å². The third-order valence-electron chi connectivity index (χ3n) is 4.86. The Kier molecular flexibility index (Phi) is 5.26. The molecule has 1 saturated carbocycles. The second-order valence-electron chi connectivity index (χ2n) is 6.33. The summed E-state index contributed by atoms with van der Waals surface area (Å²) in [5.41, 5.74) is 0. The first kappa shape index (κ1) is 15.1. The van der Waals surface area contributed by atoms with Gasteiger partial charge in [0.15, 0.2) is 0 Å². The van der Waals surface area contributed by atoms with Crippen molar-refractivity contribution < 1.29 is 14.7 Å². The van der Waals surface area contributed by atoms with E-state index in [0.29, 0.717) is 31.3 Å². The second kappa shape index (κ2) is 6.95. The number of aliphatic carboxylic acids is 1. The number of carbonyl (C=O) groups is 2. The molecular weight excluding hydrogens is 256 g/mol. The van der Waals surface area contributed by atoms with Gasteiger partial charge in [-0.25, -0.2) is 4.79 Å². The van der Waals surface area contributed by atoms with Crippen molar-refractivity contribution in [2.45, 2.75) is 45.4 Å². The van der Waals surface area contributed by atoms with E-state index in [1.807, 2.05) is 0 Å². The Morgan fingerprint density at radius 2 is 1.95 bits per heavy atom. The minimum Gasteiger partial charge on any atom is -0.481 e. The van der Waals surface area contributed by atoms with E-state index in [1.54, 1.807) is 4.90 Å². The molecule has 0 radical (unpaired) electrons. The predicted octanol–water partition coefficient (Wildman–Crippen LogP) is 2.32. The quantitative estimate of drug-likeness (QED) is 0.834. The summed E-state index contributed by atoms with van der Waals surface area (Å²) in [5.74, 6) is 0.0662. The minimum atomic E-state index is -0.789. The summed E-state index contributed by atoms with van der Waals surface area (Å²) in [4.78, 5) is 24.8. The van der Waals surface area contributed by atoms with Gasteiger partial charge in [-0.3, -0.25) is 4.79 Å².